The minimum atomic E-state index is -0.498. The Bertz CT molecular complexity index is 592. The zero-order valence-electron chi connectivity index (χ0n) is 12.6. The highest BCUT2D eigenvalue weighted by Gasteiger charge is 2.30. The Balaban J connectivity index is 2.38. The maximum Gasteiger partial charge on any atom is 0.428 e. The van der Waals surface area contributed by atoms with Gasteiger partial charge in [-0.1, -0.05) is 31.9 Å². The first kappa shape index (κ1) is 17.3. The SMILES string of the molecule is COC(=O)N1CCCCCN1C(=O)c1cc(Br)cc(Br)c1C. The summed E-state index contributed by atoms with van der Waals surface area (Å²) in [5.41, 5.74) is 1.42. The van der Waals surface area contributed by atoms with Crippen molar-refractivity contribution in [3.05, 3.63) is 32.2 Å². The second-order valence-corrected chi connectivity index (χ2v) is 6.91. The van der Waals surface area contributed by atoms with Gasteiger partial charge >= 0.3 is 6.09 Å². The van der Waals surface area contributed by atoms with Gasteiger partial charge in [0.2, 0.25) is 0 Å². The molecule has 120 valence electrons. The fraction of sp³-hybridized carbons (Fsp3) is 0.467. The van der Waals surface area contributed by atoms with Crippen molar-refractivity contribution in [2.75, 3.05) is 20.2 Å². The molecule has 0 bridgehead atoms. The van der Waals surface area contributed by atoms with Gasteiger partial charge in [-0.3, -0.25) is 4.79 Å². The first-order valence-electron chi connectivity index (χ1n) is 7.08. The lowest BCUT2D eigenvalue weighted by Crippen LogP contribution is -2.49. The van der Waals surface area contributed by atoms with Crippen molar-refractivity contribution in [2.24, 2.45) is 0 Å². The van der Waals surface area contributed by atoms with Crippen molar-refractivity contribution in [3.63, 3.8) is 0 Å². The maximum atomic E-state index is 12.9. The van der Waals surface area contributed by atoms with Gasteiger partial charge in [0.1, 0.15) is 0 Å². The number of carbonyl (C=O) groups excluding carboxylic acids is 2. The second-order valence-electron chi connectivity index (χ2n) is 5.14. The lowest BCUT2D eigenvalue weighted by Gasteiger charge is -2.32. The molecule has 0 N–H and O–H groups in total. The van der Waals surface area contributed by atoms with Crippen LogP contribution in [-0.2, 0) is 4.74 Å². The minimum absolute atomic E-state index is 0.188. The van der Waals surface area contributed by atoms with Crippen molar-refractivity contribution < 1.29 is 14.3 Å². The van der Waals surface area contributed by atoms with E-state index in [1.165, 1.54) is 17.1 Å². The Kier molecular flexibility index (Phi) is 5.86. The standard InChI is InChI=1S/C15H18Br2N2O3/c1-10-12(8-11(16)9-13(10)17)14(20)18-6-4-3-5-7-19(18)15(21)22-2/h8-9H,3-7H2,1-2H3. The van der Waals surface area contributed by atoms with Gasteiger partial charge in [0.25, 0.3) is 5.91 Å². The van der Waals surface area contributed by atoms with Gasteiger partial charge in [-0.2, -0.15) is 0 Å². The van der Waals surface area contributed by atoms with Crippen LogP contribution in [0.25, 0.3) is 0 Å². The van der Waals surface area contributed by atoms with E-state index in [9.17, 15) is 9.59 Å². The Morgan fingerprint density at radius 2 is 1.73 bits per heavy atom. The third-order valence-electron chi connectivity index (χ3n) is 3.69. The molecule has 0 aliphatic carbocycles. The molecule has 5 nitrogen and oxygen atoms in total. The van der Waals surface area contributed by atoms with Crippen molar-refractivity contribution in [3.8, 4) is 0 Å². The second kappa shape index (κ2) is 7.46. The number of hydrogen-bond acceptors (Lipinski definition) is 3. The zero-order valence-corrected chi connectivity index (χ0v) is 15.7. The third kappa shape index (κ3) is 3.63. The number of rotatable bonds is 1. The zero-order chi connectivity index (χ0) is 16.3. The first-order chi connectivity index (χ1) is 10.5. The molecule has 2 rings (SSSR count). The molecule has 1 aliphatic heterocycles. The summed E-state index contributed by atoms with van der Waals surface area (Å²) in [7, 11) is 1.33. The largest absolute Gasteiger partial charge is 0.452 e. The van der Waals surface area contributed by atoms with Crippen LogP contribution in [0.2, 0.25) is 0 Å². The number of ether oxygens (including phenoxy) is 1. The van der Waals surface area contributed by atoms with Gasteiger partial charge in [-0.15, -0.1) is 0 Å². The molecule has 0 radical (unpaired) electrons. The molecule has 1 aromatic rings. The Hall–Kier alpha value is -1.08. The van der Waals surface area contributed by atoms with Crippen molar-refractivity contribution >= 4 is 43.9 Å². The van der Waals surface area contributed by atoms with E-state index in [1.54, 1.807) is 6.07 Å². The monoisotopic (exact) mass is 432 g/mol. The van der Waals surface area contributed by atoms with Gasteiger partial charge in [0.15, 0.2) is 0 Å². The number of amides is 2. The van der Waals surface area contributed by atoms with E-state index in [0.29, 0.717) is 18.7 Å². The summed E-state index contributed by atoms with van der Waals surface area (Å²) in [6.45, 7) is 2.88. The quantitative estimate of drug-likeness (QED) is 0.668. The lowest BCUT2D eigenvalue weighted by molar-refractivity contribution is -0.00178. The van der Waals surface area contributed by atoms with Crippen LogP contribution in [0, 0.1) is 6.92 Å². The number of hydrazine groups is 1. The van der Waals surface area contributed by atoms with Gasteiger partial charge < -0.3 is 4.74 Å². The van der Waals surface area contributed by atoms with Gasteiger partial charge in [0, 0.05) is 27.6 Å². The summed E-state index contributed by atoms with van der Waals surface area (Å²) in [5.74, 6) is -0.188. The van der Waals surface area contributed by atoms with Crippen LogP contribution in [0.4, 0.5) is 4.79 Å². The van der Waals surface area contributed by atoms with Gasteiger partial charge in [-0.25, -0.2) is 14.8 Å². The number of nitrogens with zero attached hydrogens (tertiary/aromatic N) is 2. The van der Waals surface area contributed by atoms with E-state index in [0.717, 1.165) is 33.8 Å². The van der Waals surface area contributed by atoms with Crippen LogP contribution in [0.5, 0.6) is 0 Å². The number of halogens is 2. The molecule has 1 aliphatic rings. The Morgan fingerprint density at radius 3 is 2.36 bits per heavy atom. The molecular formula is C15H18Br2N2O3. The fourth-order valence-electron chi connectivity index (χ4n) is 2.45. The fourth-order valence-corrected chi connectivity index (χ4v) is 3.68. The molecule has 22 heavy (non-hydrogen) atoms. The van der Waals surface area contributed by atoms with Crippen molar-refractivity contribution in [1.29, 1.82) is 0 Å². The normalized spacial score (nSPS) is 15.5. The van der Waals surface area contributed by atoms with Crippen LogP contribution in [0.1, 0.15) is 35.2 Å². The molecule has 1 saturated heterocycles. The number of benzene rings is 1. The molecule has 0 spiro atoms. The van der Waals surface area contributed by atoms with E-state index < -0.39 is 6.09 Å². The minimum Gasteiger partial charge on any atom is -0.452 e. The summed E-state index contributed by atoms with van der Waals surface area (Å²) in [4.78, 5) is 24.9. The van der Waals surface area contributed by atoms with Crippen LogP contribution >= 0.6 is 31.9 Å². The third-order valence-corrected chi connectivity index (χ3v) is 4.97. The predicted molar refractivity (Wildman–Crippen MR) is 90.6 cm³/mol. The molecule has 0 unspecified atom stereocenters. The highest BCUT2D eigenvalue weighted by atomic mass is 79.9. The van der Waals surface area contributed by atoms with Crippen LogP contribution in [-0.4, -0.2) is 42.2 Å². The first-order valence-corrected chi connectivity index (χ1v) is 8.67. The van der Waals surface area contributed by atoms with E-state index in [4.69, 9.17) is 4.74 Å². The van der Waals surface area contributed by atoms with Gasteiger partial charge in [0.05, 0.1) is 7.11 Å². The smallest absolute Gasteiger partial charge is 0.428 e. The van der Waals surface area contributed by atoms with Gasteiger partial charge in [-0.05, 0) is 43.9 Å². The maximum absolute atomic E-state index is 12.9. The van der Waals surface area contributed by atoms with Crippen LogP contribution in [0.3, 0.4) is 0 Å². The number of carbonyl (C=O) groups is 2. The Morgan fingerprint density at radius 1 is 1.09 bits per heavy atom. The average Bonchev–Trinajstić information content (AvgIpc) is 2.75. The molecule has 7 heteroatoms. The average molecular weight is 434 g/mol. The molecule has 1 fully saturated rings. The van der Waals surface area contributed by atoms with Crippen molar-refractivity contribution in [1.82, 2.24) is 10.0 Å². The molecular weight excluding hydrogens is 416 g/mol. The summed E-state index contributed by atoms with van der Waals surface area (Å²) < 4.78 is 6.48. The Labute approximate surface area is 146 Å². The molecule has 0 aromatic heterocycles. The van der Waals surface area contributed by atoms with Crippen molar-refractivity contribution in [2.45, 2.75) is 26.2 Å². The van der Waals surface area contributed by atoms with E-state index in [1.807, 2.05) is 13.0 Å². The topological polar surface area (TPSA) is 49.9 Å². The summed E-state index contributed by atoms with van der Waals surface area (Å²) >= 11 is 6.86. The molecule has 1 heterocycles. The molecule has 0 atom stereocenters. The summed E-state index contributed by atoms with van der Waals surface area (Å²) in [6, 6.07) is 3.68. The van der Waals surface area contributed by atoms with E-state index in [-0.39, 0.29) is 5.91 Å². The number of hydrogen-bond donors (Lipinski definition) is 0. The highest BCUT2D eigenvalue weighted by Crippen LogP contribution is 2.27. The molecule has 1 aromatic carbocycles. The van der Waals surface area contributed by atoms with Crippen LogP contribution < -0.4 is 0 Å². The summed E-state index contributed by atoms with van der Waals surface area (Å²) in [6.07, 6.45) is 2.22. The lowest BCUT2D eigenvalue weighted by atomic mass is 10.1. The highest BCUT2D eigenvalue weighted by molar-refractivity contribution is 9.11. The van der Waals surface area contributed by atoms with E-state index in [2.05, 4.69) is 31.9 Å². The van der Waals surface area contributed by atoms with Crippen LogP contribution in [0.15, 0.2) is 21.1 Å². The number of methoxy groups -OCH3 is 1. The molecule has 0 saturated carbocycles. The molecule has 2 amide bonds. The van der Waals surface area contributed by atoms with E-state index >= 15 is 0 Å². The predicted octanol–water partition coefficient (Wildman–Crippen LogP) is 4.13. The summed E-state index contributed by atoms with van der Waals surface area (Å²) in [5, 5.41) is 2.91.